The van der Waals surface area contributed by atoms with Crippen LogP contribution in [0.25, 0.3) is 0 Å². The van der Waals surface area contributed by atoms with E-state index in [4.69, 9.17) is 9.69 Å². The van der Waals surface area contributed by atoms with Gasteiger partial charge in [-0.2, -0.15) is 5.26 Å². The lowest BCUT2D eigenvalue weighted by Crippen LogP contribution is -2.27. The molecule has 0 fully saturated rings. The standard InChI is InChI=1S/C7H11N3OSSi/c1-13(2,3)11-7(4-8)6-5-12-10-9-6/h5,7H,1-3H3. The molecule has 0 amide bonds. The maximum atomic E-state index is 8.85. The molecule has 0 saturated carbocycles. The van der Waals surface area contributed by atoms with Gasteiger partial charge < -0.3 is 4.43 Å². The van der Waals surface area contributed by atoms with Crippen LogP contribution in [0.4, 0.5) is 0 Å². The first-order valence-electron chi connectivity index (χ1n) is 3.87. The molecule has 1 aromatic rings. The van der Waals surface area contributed by atoms with Gasteiger partial charge in [0.15, 0.2) is 14.4 Å². The third-order valence-corrected chi connectivity index (χ3v) is 2.70. The topological polar surface area (TPSA) is 58.8 Å². The minimum Gasteiger partial charge on any atom is -0.398 e. The van der Waals surface area contributed by atoms with Crippen molar-refractivity contribution in [2.45, 2.75) is 25.7 Å². The van der Waals surface area contributed by atoms with Crippen LogP contribution in [0.1, 0.15) is 11.8 Å². The number of hydrogen-bond acceptors (Lipinski definition) is 5. The summed E-state index contributed by atoms with van der Waals surface area (Å²) in [6.45, 7) is 6.12. The van der Waals surface area contributed by atoms with Crippen molar-refractivity contribution in [3.63, 3.8) is 0 Å². The smallest absolute Gasteiger partial charge is 0.186 e. The van der Waals surface area contributed by atoms with Crippen LogP contribution in [0, 0.1) is 11.3 Å². The summed E-state index contributed by atoms with van der Waals surface area (Å²) in [4.78, 5) is 0. The normalized spacial score (nSPS) is 13.7. The van der Waals surface area contributed by atoms with E-state index in [-0.39, 0.29) is 0 Å². The summed E-state index contributed by atoms with van der Waals surface area (Å²) in [5.74, 6) is 0. The largest absolute Gasteiger partial charge is 0.398 e. The molecule has 70 valence electrons. The fourth-order valence-electron chi connectivity index (χ4n) is 0.793. The lowest BCUT2D eigenvalue weighted by molar-refractivity contribution is 0.250. The van der Waals surface area contributed by atoms with E-state index in [1.807, 2.05) is 19.6 Å². The molecular weight excluding hydrogens is 202 g/mol. The Morgan fingerprint density at radius 3 is 2.69 bits per heavy atom. The highest BCUT2D eigenvalue weighted by Crippen LogP contribution is 2.20. The first-order chi connectivity index (χ1) is 6.03. The van der Waals surface area contributed by atoms with Crippen molar-refractivity contribution in [2.24, 2.45) is 0 Å². The summed E-state index contributed by atoms with van der Waals surface area (Å²) in [6, 6.07) is 2.08. The molecule has 13 heavy (non-hydrogen) atoms. The molecule has 6 heteroatoms. The van der Waals surface area contributed by atoms with Gasteiger partial charge in [-0.15, -0.1) is 5.10 Å². The lowest BCUT2D eigenvalue weighted by atomic mass is 10.3. The monoisotopic (exact) mass is 213 g/mol. The molecule has 1 unspecified atom stereocenters. The highest BCUT2D eigenvalue weighted by atomic mass is 32.1. The van der Waals surface area contributed by atoms with E-state index in [1.54, 1.807) is 5.38 Å². The molecule has 1 aromatic heterocycles. The molecule has 1 atom stereocenters. The van der Waals surface area contributed by atoms with E-state index in [0.717, 1.165) is 0 Å². The maximum Gasteiger partial charge on any atom is 0.186 e. The predicted molar refractivity (Wildman–Crippen MR) is 52.7 cm³/mol. The van der Waals surface area contributed by atoms with E-state index in [2.05, 4.69) is 15.7 Å². The van der Waals surface area contributed by atoms with Gasteiger partial charge in [-0.05, 0) is 31.2 Å². The van der Waals surface area contributed by atoms with E-state index in [0.29, 0.717) is 5.69 Å². The Kier molecular flexibility index (Phi) is 3.14. The molecule has 0 aromatic carbocycles. The molecule has 0 aliphatic heterocycles. The number of rotatable bonds is 3. The minimum atomic E-state index is -1.68. The zero-order valence-corrected chi connectivity index (χ0v) is 9.63. The first kappa shape index (κ1) is 10.3. The number of nitriles is 1. The Labute approximate surface area is 82.5 Å². The molecule has 4 nitrogen and oxygen atoms in total. The van der Waals surface area contributed by atoms with Crippen molar-refractivity contribution in [1.29, 1.82) is 5.26 Å². The zero-order chi connectivity index (χ0) is 9.90. The van der Waals surface area contributed by atoms with Gasteiger partial charge in [-0.1, -0.05) is 4.49 Å². The van der Waals surface area contributed by atoms with Gasteiger partial charge in [0.2, 0.25) is 0 Å². The summed E-state index contributed by atoms with van der Waals surface area (Å²) in [7, 11) is -1.68. The Morgan fingerprint density at radius 2 is 2.31 bits per heavy atom. The first-order valence-corrected chi connectivity index (χ1v) is 8.12. The van der Waals surface area contributed by atoms with Crippen molar-refractivity contribution in [1.82, 2.24) is 9.59 Å². The molecule has 0 aliphatic rings. The van der Waals surface area contributed by atoms with Crippen LogP contribution in [-0.2, 0) is 4.43 Å². The molecule has 1 rings (SSSR count). The fourth-order valence-corrected chi connectivity index (χ4v) is 2.14. The van der Waals surface area contributed by atoms with E-state index >= 15 is 0 Å². The summed E-state index contributed by atoms with van der Waals surface area (Å²) >= 11 is 1.23. The van der Waals surface area contributed by atoms with Gasteiger partial charge in [0.1, 0.15) is 5.69 Å². The predicted octanol–water partition coefficient (Wildman–Crippen LogP) is 1.95. The Bertz CT molecular complexity index is 301. The Hall–Kier alpha value is -0.773. The molecule has 0 aliphatic carbocycles. The SMILES string of the molecule is C[Si](C)(C)OC(C#N)c1csnn1. The molecule has 0 radical (unpaired) electrons. The highest BCUT2D eigenvalue weighted by molar-refractivity contribution is 7.03. The Morgan fingerprint density at radius 1 is 1.62 bits per heavy atom. The van der Waals surface area contributed by atoms with Gasteiger partial charge in [0.25, 0.3) is 0 Å². The summed E-state index contributed by atoms with van der Waals surface area (Å²) < 4.78 is 9.31. The van der Waals surface area contributed by atoms with Gasteiger partial charge in [0.05, 0.1) is 6.07 Å². The van der Waals surface area contributed by atoms with Crippen molar-refractivity contribution < 1.29 is 4.43 Å². The summed E-state index contributed by atoms with van der Waals surface area (Å²) in [5.41, 5.74) is 0.620. The van der Waals surface area contributed by atoms with Crippen LogP contribution >= 0.6 is 11.5 Å². The van der Waals surface area contributed by atoms with Crippen molar-refractivity contribution in [3.8, 4) is 6.07 Å². The summed E-state index contributed by atoms with van der Waals surface area (Å²) in [6.07, 6.45) is -0.551. The fraction of sp³-hybridized carbons (Fsp3) is 0.571. The second kappa shape index (κ2) is 3.96. The quantitative estimate of drug-likeness (QED) is 0.720. The van der Waals surface area contributed by atoms with Crippen LogP contribution in [0.15, 0.2) is 5.38 Å². The second-order valence-corrected chi connectivity index (χ2v) is 8.64. The number of hydrogen-bond donors (Lipinski definition) is 0. The van der Waals surface area contributed by atoms with Crippen molar-refractivity contribution in [3.05, 3.63) is 11.1 Å². The summed E-state index contributed by atoms with van der Waals surface area (Å²) in [5, 5.41) is 14.4. The average molecular weight is 213 g/mol. The van der Waals surface area contributed by atoms with Gasteiger partial charge >= 0.3 is 0 Å². The maximum absolute atomic E-state index is 8.85. The van der Waals surface area contributed by atoms with Crippen LogP contribution in [0.3, 0.4) is 0 Å². The van der Waals surface area contributed by atoms with Crippen molar-refractivity contribution in [2.75, 3.05) is 0 Å². The lowest BCUT2D eigenvalue weighted by Gasteiger charge is -2.19. The number of nitrogens with zero attached hydrogens (tertiary/aromatic N) is 3. The Balaban J connectivity index is 2.72. The molecule has 0 spiro atoms. The average Bonchev–Trinajstić information content (AvgIpc) is 2.50. The molecule has 1 heterocycles. The third-order valence-electron chi connectivity index (χ3n) is 1.23. The van der Waals surface area contributed by atoms with E-state index in [1.165, 1.54) is 11.5 Å². The molecular formula is C7H11N3OSSi. The third kappa shape index (κ3) is 3.22. The molecule has 0 N–H and O–H groups in total. The zero-order valence-electron chi connectivity index (χ0n) is 7.81. The second-order valence-electron chi connectivity index (χ2n) is 3.57. The van der Waals surface area contributed by atoms with Crippen LogP contribution in [-0.4, -0.2) is 17.9 Å². The van der Waals surface area contributed by atoms with Gasteiger partial charge in [-0.3, -0.25) is 0 Å². The van der Waals surface area contributed by atoms with E-state index in [9.17, 15) is 0 Å². The molecule has 0 saturated heterocycles. The van der Waals surface area contributed by atoms with Crippen molar-refractivity contribution >= 4 is 19.8 Å². The van der Waals surface area contributed by atoms with Crippen LogP contribution in [0.2, 0.25) is 19.6 Å². The minimum absolute atomic E-state index is 0.551. The number of aromatic nitrogens is 2. The van der Waals surface area contributed by atoms with Crippen LogP contribution < -0.4 is 0 Å². The van der Waals surface area contributed by atoms with E-state index < -0.39 is 14.4 Å². The van der Waals surface area contributed by atoms with Crippen LogP contribution in [0.5, 0.6) is 0 Å². The van der Waals surface area contributed by atoms with Gasteiger partial charge in [-0.25, -0.2) is 0 Å². The molecule has 0 bridgehead atoms. The van der Waals surface area contributed by atoms with Gasteiger partial charge in [0, 0.05) is 5.38 Å². The highest BCUT2D eigenvalue weighted by Gasteiger charge is 2.23.